The summed E-state index contributed by atoms with van der Waals surface area (Å²) in [5, 5.41) is 7.69. The van der Waals surface area contributed by atoms with E-state index in [0.717, 1.165) is 11.1 Å². The lowest BCUT2D eigenvalue weighted by Crippen LogP contribution is -2.12. The Morgan fingerprint density at radius 1 is 1.00 bits per heavy atom. The molecule has 3 N–H and O–H groups in total. The van der Waals surface area contributed by atoms with Crippen molar-refractivity contribution in [2.75, 3.05) is 0 Å². The van der Waals surface area contributed by atoms with Crippen molar-refractivity contribution in [3.8, 4) is 11.1 Å². The number of hydrogen-bond donors (Lipinski definition) is 2. The average molecular weight is 238 g/mol. The molecule has 2 aromatic rings. The Morgan fingerprint density at radius 3 is 2.11 bits per heavy atom. The molecule has 0 aliphatic heterocycles. The van der Waals surface area contributed by atoms with Crippen molar-refractivity contribution in [1.82, 2.24) is 0 Å². The molecular weight excluding hydrogens is 220 g/mol. The van der Waals surface area contributed by atoms with E-state index in [1.54, 1.807) is 0 Å². The van der Waals surface area contributed by atoms with Gasteiger partial charge in [0.2, 0.25) is 0 Å². The summed E-state index contributed by atoms with van der Waals surface area (Å²) in [6.45, 7) is 6.30. The molecule has 0 fully saturated rings. The Labute approximate surface area is 108 Å². The van der Waals surface area contributed by atoms with Crippen molar-refractivity contribution < 1.29 is 0 Å². The van der Waals surface area contributed by atoms with Gasteiger partial charge in [-0.1, -0.05) is 42.0 Å². The Bertz CT molecular complexity index is 589. The van der Waals surface area contributed by atoms with Crippen LogP contribution in [-0.2, 0) is 0 Å². The van der Waals surface area contributed by atoms with Crippen molar-refractivity contribution >= 4 is 5.84 Å². The van der Waals surface area contributed by atoms with Crippen molar-refractivity contribution in [1.29, 1.82) is 5.41 Å². The van der Waals surface area contributed by atoms with E-state index in [-0.39, 0.29) is 5.84 Å². The van der Waals surface area contributed by atoms with Crippen molar-refractivity contribution in [2.24, 2.45) is 5.73 Å². The monoisotopic (exact) mass is 238 g/mol. The fourth-order valence-electron chi connectivity index (χ4n) is 2.54. The molecule has 0 unspecified atom stereocenters. The molecule has 2 nitrogen and oxygen atoms in total. The zero-order valence-electron chi connectivity index (χ0n) is 11.0. The van der Waals surface area contributed by atoms with Gasteiger partial charge in [0.15, 0.2) is 0 Å². The molecule has 2 rings (SSSR count). The van der Waals surface area contributed by atoms with Gasteiger partial charge in [0.05, 0.1) is 0 Å². The quantitative estimate of drug-likeness (QED) is 0.610. The number of nitrogen functional groups attached to an aromatic ring is 1. The van der Waals surface area contributed by atoms with Crippen LogP contribution in [0.1, 0.15) is 22.3 Å². The molecule has 0 amide bonds. The van der Waals surface area contributed by atoms with Gasteiger partial charge >= 0.3 is 0 Å². The average Bonchev–Trinajstić information content (AvgIpc) is 2.28. The minimum atomic E-state index is 0.116. The van der Waals surface area contributed by atoms with Gasteiger partial charge in [0, 0.05) is 5.56 Å². The van der Waals surface area contributed by atoms with Gasteiger partial charge in [-0.25, -0.2) is 0 Å². The van der Waals surface area contributed by atoms with Gasteiger partial charge in [0.1, 0.15) is 5.84 Å². The molecule has 2 aromatic carbocycles. The van der Waals surface area contributed by atoms with Gasteiger partial charge in [-0.3, -0.25) is 5.41 Å². The molecule has 0 aliphatic rings. The zero-order chi connectivity index (χ0) is 13.3. The Kier molecular flexibility index (Phi) is 3.19. The van der Waals surface area contributed by atoms with Crippen LogP contribution in [0.15, 0.2) is 36.4 Å². The smallest absolute Gasteiger partial charge is 0.123 e. The highest BCUT2D eigenvalue weighted by molar-refractivity contribution is 6.02. The van der Waals surface area contributed by atoms with Crippen LogP contribution >= 0.6 is 0 Å². The SMILES string of the molecule is Cc1cc(C)c(-c2ccccc2C(=N)N)c(C)c1. The van der Waals surface area contributed by atoms with Crippen LogP contribution < -0.4 is 5.73 Å². The molecule has 2 heteroatoms. The third-order valence-electron chi connectivity index (χ3n) is 3.16. The largest absolute Gasteiger partial charge is 0.384 e. The summed E-state index contributed by atoms with van der Waals surface area (Å²) in [7, 11) is 0. The maximum absolute atomic E-state index is 7.69. The van der Waals surface area contributed by atoms with E-state index in [1.165, 1.54) is 22.3 Å². The van der Waals surface area contributed by atoms with Crippen LogP contribution in [0.25, 0.3) is 11.1 Å². The van der Waals surface area contributed by atoms with Gasteiger partial charge in [-0.05, 0) is 43.0 Å². The fourth-order valence-corrected chi connectivity index (χ4v) is 2.54. The van der Waals surface area contributed by atoms with Crippen LogP contribution in [0, 0.1) is 26.2 Å². The normalized spacial score (nSPS) is 10.4. The number of hydrogen-bond acceptors (Lipinski definition) is 1. The molecule has 0 radical (unpaired) electrons. The van der Waals surface area contributed by atoms with E-state index in [0.29, 0.717) is 0 Å². The maximum atomic E-state index is 7.69. The summed E-state index contributed by atoms with van der Waals surface area (Å²) < 4.78 is 0. The Hall–Kier alpha value is -2.09. The second kappa shape index (κ2) is 4.65. The molecule has 0 spiro atoms. The standard InChI is InChI=1S/C16H18N2/c1-10-8-11(2)15(12(3)9-10)13-6-4-5-7-14(13)16(17)18/h4-9H,1-3H3,(H3,17,18). The molecule has 0 aromatic heterocycles. The van der Waals surface area contributed by atoms with Gasteiger partial charge < -0.3 is 5.73 Å². The lowest BCUT2D eigenvalue weighted by atomic mass is 9.90. The summed E-state index contributed by atoms with van der Waals surface area (Å²) in [5.74, 6) is 0.116. The fraction of sp³-hybridized carbons (Fsp3) is 0.188. The molecule has 0 saturated carbocycles. The highest BCUT2D eigenvalue weighted by Crippen LogP contribution is 2.30. The van der Waals surface area contributed by atoms with E-state index in [4.69, 9.17) is 11.1 Å². The lowest BCUT2D eigenvalue weighted by molar-refractivity contribution is 1.31. The van der Waals surface area contributed by atoms with Crippen LogP contribution in [0.5, 0.6) is 0 Å². The number of amidine groups is 1. The van der Waals surface area contributed by atoms with E-state index in [9.17, 15) is 0 Å². The number of nitrogens with one attached hydrogen (secondary N) is 1. The zero-order valence-corrected chi connectivity index (χ0v) is 11.0. The summed E-state index contributed by atoms with van der Waals surface area (Å²) in [6.07, 6.45) is 0. The third-order valence-corrected chi connectivity index (χ3v) is 3.16. The lowest BCUT2D eigenvalue weighted by Gasteiger charge is -2.14. The summed E-state index contributed by atoms with van der Waals surface area (Å²) in [4.78, 5) is 0. The number of benzene rings is 2. The van der Waals surface area contributed by atoms with Crippen molar-refractivity contribution in [2.45, 2.75) is 20.8 Å². The van der Waals surface area contributed by atoms with Gasteiger partial charge in [-0.2, -0.15) is 0 Å². The summed E-state index contributed by atoms with van der Waals surface area (Å²) in [6, 6.07) is 12.2. The first-order chi connectivity index (χ1) is 8.50. The van der Waals surface area contributed by atoms with E-state index in [1.807, 2.05) is 24.3 Å². The molecule has 0 saturated heterocycles. The number of aryl methyl sites for hydroxylation is 3. The summed E-state index contributed by atoms with van der Waals surface area (Å²) in [5.41, 5.74) is 12.4. The molecule has 0 aliphatic carbocycles. The molecular formula is C16H18N2. The first kappa shape index (κ1) is 12.4. The molecule has 92 valence electrons. The highest BCUT2D eigenvalue weighted by atomic mass is 14.7. The van der Waals surface area contributed by atoms with Crippen LogP contribution in [0.4, 0.5) is 0 Å². The Morgan fingerprint density at radius 2 is 1.56 bits per heavy atom. The van der Waals surface area contributed by atoms with Gasteiger partial charge in [0.25, 0.3) is 0 Å². The second-order valence-electron chi connectivity index (χ2n) is 4.73. The van der Waals surface area contributed by atoms with Crippen LogP contribution in [-0.4, -0.2) is 5.84 Å². The van der Waals surface area contributed by atoms with Crippen LogP contribution in [0.3, 0.4) is 0 Å². The van der Waals surface area contributed by atoms with E-state index in [2.05, 4.69) is 32.9 Å². The van der Waals surface area contributed by atoms with E-state index >= 15 is 0 Å². The predicted octanol–water partition coefficient (Wildman–Crippen LogP) is 3.56. The number of rotatable bonds is 2. The Balaban J connectivity index is 2.74. The molecule has 18 heavy (non-hydrogen) atoms. The molecule has 0 atom stereocenters. The second-order valence-corrected chi connectivity index (χ2v) is 4.73. The minimum absolute atomic E-state index is 0.116. The maximum Gasteiger partial charge on any atom is 0.123 e. The predicted molar refractivity (Wildman–Crippen MR) is 77.1 cm³/mol. The summed E-state index contributed by atoms with van der Waals surface area (Å²) >= 11 is 0. The molecule has 0 heterocycles. The third kappa shape index (κ3) is 2.14. The first-order valence-electron chi connectivity index (χ1n) is 6.02. The molecule has 0 bridgehead atoms. The van der Waals surface area contributed by atoms with E-state index < -0.39 is 0 Å². The number of nitrogens with two attached hydrogens (primary N) is 1. The minimum Gasteiger partial charge on any atom is -0.384 e. The van der Waals surface area contributed by atoms with Crippen molar-refractivity contribution in [3.05, 3.63) is 58.7 Å². The van der Waals surface area contributed by atoms with Crippen molar-refractivity contribution in [3.63, 3.8) is 0 Å². The first-order valence-corrected chi connectivity index (χ1v) is 6.02. The van der Waals surface area contributed by atoms with Crippen LogP contribution in [0.2, 0.25) is 0 Å². The highest BCUT2D eigenvalue weighted by Gasteiger charge is 2.11. The van der Waals surface area contributed by atoms with Gasteiger partial charge in [-0.15, -0.1) is 0 Å². The topological polar surface area (TPSA) is 49.9 Å².